The number of benzene rings is 1. The van der Waals surface area contributed by atoms with Gasteiger partial charge in [0, 0.05) is 12.2 Å². The summed E-state index contributed by atoms with van der Waals surface area (Å²) in [6, 6.07) is 13.1. The minimum atomic E-state index is -1.09. The SMILES string of the molecule is [CH2-]C(C)C.[CH2-]CCCc1ccc2c(n1)NCCC2.[CH2-]COc1ccccc1.[CH2-]C[C@H](N[C-]=O)C(=O)O.[CH3-].[Li+].[Li+]. The Morgan fingerprint density at radius 1 is 1.15 bits per heavy atom. The Morgan fingerprint density at radius 3 is 2.23 bits per heavy atom. The van der Waals surface area contributed by atoms with Crippen LogP contribution in [0.25, 0.3) is 0 Å². The number of carboxylic acids is 1. The van der Waals surface area contributed by atoms with E-state index in [1.165, 1.54) is 30.5 Å². The molecule has 1 aliphatic rings. The van der Waals surface area contributed by atoms with Crippen molar-refractivity contribution in [3.05, 3.63) is 88.8 Å². The molecule has 1 amide bonds. The van der Waals surface area contributed by atoms with E-state index in [-0.39, 0.29) is 51.6 Å². The molecule has 0 radical (unpaired) electrons. The zero-order valence-corrected chi connectivity index (χ0v) is 24.8. The van der Waals surface area contributed by atoms with Gasteiger partial charge in [-0.2, -0.15) is 25.2 Å². The third-order valence-electron chi connectivity index (χ3n) is 4.47. The predicted octanol–water partition coefficient (Wildman–Crippen LogP) is -0.249. The van der Waals surface area contributed by atoms with Crippen LogP contribution in [-0.2, 0) is 22.4 Å². The van der Waals surface area contributed by atoms with Crippen LogP contribution in [0.4, 0.5) is 5.82 Å². The number of rotatable bonds is 9. The van der Waals surface area contributed by atoms with Gasteiger partial charge in [0.1, 0.15) is 11.6 Å². The summed E-state index contributed by atoms with van der Waals surface area (Å²) in [4.78, 5) is 24.2. The third-order valence-corrected chi connectivity index (χ3v) is 4.47. The van der Waals surface area contributed by atoms with Gasteiger partial charge >= 0.3 is 43.7 Å². The fourth-order valence-electron chi connectivity index (χ4n) is 2.78. The number of pyridine rings is 1. The maximum Gasteiger partial charge on any atom is 1.00 e. The molecule has 1 aromatic carbocycles. The van der Waals surface area contributed by atoms with Gasteiger partial charge in [0.05, 0.1) is 6.04 Å². The van der Waals surface area contributed by atoms with Crippen LogP contribution in [0.2, 0.25) is 0 Å². The molecule has 3 rings (SSSR count). The van der Waals surface area contributed by atoms with Gasteiger partial charge in [-0.3, -0.25) is 4.79 Å². The minimum absolute atomic E-state index is 0. The number of amides is 1. The van der Waals surface area contributed by atoms with Gasteiger partial charge in [-0.25, -0.2) is 4.98 Å². The van der Waals surface area contributed by atoms with Crippen molar-refractivity contribution in [2.45, 2.75) is 58.4 Å². The largest absolute Gasteiger partial charge is 1.00 e. The van der Waals surface area contributed by atoms with E-state index in [1.807, 2.05) is 35.6 Å². The van der Waals surface area contributed by atoms with E-state index in [0.717, 1.165) is 37.4 Å². The van der Waals surface area contributed by atoms with Crippen molar-refractivity contribution < 1.29 is 57.2 Å². The molecule has 39 heavy (non-hydrogen) atoms. The van der Waals surface area contributed by atoms with Crippen LogP contribution in [0.5, 0.6) is 5.75 Å². The standard InChI is InChI=1S/C12H17N2.C8H9O.C5H7NO3.C4H9.CH3.2Li/c1-2-3-6-11-8-7-10-5-4-9-13-12(10)14-11;1-2-9-8-6-4-3-5-7-8;1-2-4(5(8)9)6-3-7;1-4(2)3;;;/h7-8H,1-6,9H2,(H,13,14);3-7H,1-2H2;4H,1-2H2,(H,6,7)(H,8,9);4H,1H2,2-3H3;1H3;;/q2*-1;-2;2*-1;2*+1/t;;4-;;;;/m..0..../s1. The Labute approximate surface area is 262 Å². The molecule has 0 bridgehead atoms. The van der Waals surface area contributed by atoms with E-state index in [2.05, 4.69) is 64.0 Å². The van der Waals surface area contributed by atoms with Crippen LogP contribution >= 0.6 is 0 Å². The summed E-state index contributed by atoms with van der Waals surface area (Å²) in [6.07, 6.45) is 6.99. The van der Waals surface area contributed by atoms with E-state index < -0.39 is 12.0 Å². The van der Waals surface area contributed by atoms with Crippen molar-refractivity contribution in [2.24, 2.45) is 5.92 Å². The smallest absolute Gasteiger partial charge is 0.525 e. The number of nitrogens with one attached hydrogen (secondary N) is 2. The van der Waals surface area contributed by atoms with Gasteiger partial charge in [-0.15, -0.1) is 0 Å². The number of hydrogen-bond acceptors (Lipinski definition) is 5. The van der Waals surface area contributed by atoms with Crippen molar-refractivity contribution >= 4 is 18.2 Å². The normalized spacial score (nSPS) is 11.1. The van der Waals surface area contributed by atoms with Crippen molar-refractivity contribution in [1.82, 2.24) is 10.3 Å². The molecular formula is C30H45Li2N3O4-4. The predicted molar refractivity (Wildman–Crippen MR) is 153 cm³/mol. The molecule has 0 saturated heterocycles. The number of aryl methyl sites for hydroxylation is 2. The van der Waals surface area contributed by atoms with Crippen molar-refractivity contribution in [1.29, 1.82) is 0 Å². The first-order chi connectivity index (χ1) is 17.3. The number of anilines is 1. The molecule has 0 spiro atoms. The maximum absolute atomic E-state index is 10.0. The molecule has 0 aliphatic carbocycles. The maximum atomic E-state index is 10.0. The second-order valence-electron chi connectivity index (χ2n) is 8.28. The number of fused-ring (bicyclic) bond motifs is 1. The summed E-state index contributed by atoms with van der Waals surface area (Å²) in [5, 5.41) is 13.5. The fourth-order valence-corrected chi connectivity index (χ4v) is 2.78. The van der Waals surface area contributed by atoms with Gasteiger partial charge in [0.25, 0.3) is 0 Å². The summed E-state index contributed by atoms with van der Waals surface area (Å²) >= 11 is 0. The number of ether oxygens (including phenoxy) is 1. The Hall–Kier alpha value is -1.90. The van der Waals surface area contributed by atoms with Crippen LogP contribution in [0, 0.1) is 41.0 Å². The number of hydrogen-bond donors (Lipinski definition) is 3. The zero-order chi connectivity index (χ0) is 27.2. The van der Waals surface area contributed by atoms with Crippen LogP contribution in [0.1, 0.15) is 50.8 Å². The number of carbonyl (C=O) groups excluding carboxylic acids is 1. The fraction of sp³-hybridized carbons (Fsp3) is 0.400. The molecule has 210 valence electrons. The van der Waals surface area contributed by atoms with E-state index in [1.54, 1.807) is 0 Å². The molecule has 0 unspecified atom stereocenters. The van der Waals surface area contributed by atoms with E-state index >= 15 is 0 Å². The molecule has 1 aliphatic heterocycles. The van der Waals surface area contributed by atoms with E-state index in [4.69, 9.17) is 9.84 Å². The monoisotopic (exact) mass is 525 g/mol. The number of para-hydroxylation sites is 1. The number of aliphatic carboxylic acids is 1. The molecule has 3 N–H and O–H groups in total. The second-order valence-corrected chi connectivity index (χ2v) is 8.28. The van der Waals surface area contributed by atoms with E-state index in [0.29, 0.717) is 12.5 Å². The average molecular weight is 526 g/mol. The number of carboxylic acid groups (broad SMARTS) is 1. The van der Waals surface area contributed by atoms with Crippen LogP contribution < -0.4 is 53.1 Å². The summed E-state index contributed by atoms with van der Waals surface area (Å²) in [7, 11) is 0. The Kier molecular flexibility index (Phi) is 32.9. The van der Waals surface area contributed by atoms with Crippen LogP contribution in [0.3, 0.4) is 0 Å². The number of carbonyl (C=O) groups is 1. The Bertz CT molecular complexity index is 837. The van der Waals surface area contributed by atoms with Gasteiger partial charge in [-0.1, -0.05) is 44.5 Å². The Morgan fingerprint density at radius 2 is 1.77 bits per heavy atom. The topological polar surface area (TPSA) is 101 Å². The molecule has 0 saturated carbocycles. The minimum Gasteiger partial charge on any atom is -0.525 e. The molecular weight excluding hydrogens is 480 g/mol. The quantitative estimate of drug-likeness (QED) is 0.237. The van der Waals surface area contributed by atoms with Gasteiger partial charge in [0.2, 0.25) is 0 Å². The first-order valence-electron chi connectivity index (χ1n) is 12.3. The number of unbranched alkanes of at least 4 members (excludes halogenated alkanes) is 1. The molecule has 9 heteroatoms. The molecule has 0 fully saturated rings. The molecule has 1 atom stereocenters. The first kappa shape index (κ1) is 44.1. The summed E-state index contributed by atoms with van der Waals surface area (Å²) in [6.45, 7) is 20.0. The average Bonchev–Trinajstić information content (AvgIpc) is 2.87. The van der Waals surface area contributed by atoms with Crippen LogP contribution in [-0.4, -0.2) is 41.7 Å². The van der Waals surface area contributed by atoms with Crippen molar-refractivity contribution in [3.8, 4) is 5.75 Å². The third kappa shape index (κ3) is 23.7. The van der Waals surface area contributed by atoms with Crippen LogP contribution in [0.15, 0.2) is 42.5 Å². The summed E-state index contributed by atoms with van der Waals surface area (Å²) in [5.74, 6) is 1.48. The van der Waals surface area contributed by atoms with Gasteiger partial charge in [0.15, 0.2) is 0 Å². The zero-order valence-electron chi connectivity index (χ0n) is 24.8. The molecule has 1 aromatic heterocycles. The molecule has 2 aromatic rings. The second kappa shape index (κ2) is 29.1. The van der Waals surface area contributed by atoms with Crippen molar-refractivity contribution in [3.63, 3.8) is 0 Å². The Balaban J connectivity index is -0.000000219. The van der Waals surface area contributed by atoms with Gasteiger partial charge in [-0.05, 0) is 49.6 Å². The van der Waals surface area contributed by atoms with Crippen molar-refractivity contribution in [2.75, 3.05) is 18.5 Å². The number of aromatic nitrogens is 1. The first-order valence-corrected chi connectivity index (χ1v) is 12.3. The van der Waals surface area contributed by atoms with Gasteiger partial charge < -0.3 is 60.4 Å². The van der Waals surface area contributed by atoms with E-state index in [9.17, 15) is 9.59 Å². The molecule has 7 nitrogen and oxygen atoms in total. The number of nitrogens with zero attached hydrogens (tertiary/aromatic N) is 1. The summed E-state index contributed by atoms with van der Waals surface area (Å²) in [5.41, 5.74) is 2.57. The summed E-state index contributed by atoms with van der Waals surface area (Å²) < 4.78 is 5.09. The molecule has 2 heterocycles.